The molecule has 2 aromatic rings. The molecule has 0 saturated carbocycles. The van der Waals surface area contributed by atoms with Crippen molar-refractivity contribution in [2.75, 3.05) is 18.0 Å². The lowest BCUT2D eigenvalue weighted by Crippen LogP contribution is -2.44. The Bertz CT molecular complexity index is 918. The predicted molar refractivity (Wildman–Crippen MR) is 106 cm³/mol. The van der Waals surface area contributed by atoms with E-state index in [0.29, 0.717) is 46.8 Å². The molecule has 150 valence electrons. The SMILES string of the molecule is Cc1c(Cl)[nH]c(C(=O)NC2CCN(c3nc(C(N)=O)c(C(=O)O)s3)CC2)c1Cl. The van der Waals surface area contributed by atoms with E-state index >= 15 is 0 Å². The van der Waals surface area contributed by atoms with E-state index in [4.69, 9.17) is 28.9 Å². The third kappa shape index (κ3) is 3.94. The molecule has 0 bridgehead atoms. The molecular formula is C16H17Cl2N5O4S. The lowest BCUT2D eigenvalue weighted by molar-refractivity contribution is 0.0696. The molecule has 0 radical (unpaired) electrons. The van der Waals surface area contributed by atoms with Crippen molar-refractivity contribution >= 4 is 57.5 Å². The van der Waals surface area contributed by atoms with Crippen molar-refractivity contribution in [3.63, 3.8) is 0 Å². The zero-order valence-electron chi connectivity index (χ0n) is 14.7. The fraction of sp³-hybridized carbons (Fsp3) is 0.375. The molecule has 0 aromatic carbocycles. The predicted octanol–water partition coefficient (Wildman–Crippen LogP) is 2.28. The standard InChI is InChI=1S/C16H17Cl2N5O4S/c1-6-8(17)9(21-12(6)18)14(25)20-7-2-4-23(5-3-7)16-22-10(13(19)24)11(28-16)15(26)27/h7,21H,2-5H2,1H3,(H2,19,24)(H,20,25)(H,26,27). The van der Waals surface area contributed by atoms with Crippen LogP contribution in [0.15, 0.2) is 0 Å². The number of primary amides is 1. The topological polar surface area (TPSA) is 141 Å². The van der Waals surface area contributed by atoms with Gasteiger partial charge in [0.25, 0.3) is 11.8 Å². The number of hydrogen-bond donors (Lipinski definition) is 4. The second-order valence-electron chi connectivity index (χ2n) is 6.33. The van der Waals surface area contributed by atoms with Crippen LogP contribution in [-0.4, -0.2) is 52.0 Å². The highest BCUT2D eigenvalue weighted by Gasteiger charge is 2.28. The van der Waals surface area contributed by atoms with Crippen molar-refractivity contribution in [3.05, 3.63) is 32.0 Å². The van der Waals surface area contributed by atoms with Gasteiger partial charge in [0.2, 0.25) is 0 Å². The van der Waals surface area contributed by atoms with Crippen molar-refractivity contribution in [3.8, 4) is 0 Å². The zero-order chi connectivity index (χ0) is 20.6. The summed E-state index contributed by atoms with van der Waals surface area (Å²) in [4.78, 5) is 43.6. The number of carbonyl (C=O) groups excluding carboxylic acids is 2. The van der Waals surface area contributed by atoms with E-state index in [1.54, 1.807) is 6.92 Å². The smallest absolute Gasteiger partial charge is 0.348 e. The van der Waals surface area contributed by atoms with E-state index in [-0.39, 0.29) is 28.2 Å². The first-order valence-corrected chi connectivity index (χ1v) is 9.89. The van der Waals surface area contributed by atoms with Gasteiger partial charge in [0.1, 0.15) is 15.7 Å². The van der Waals surface area contributed by atoms with Crippen LogP contribution in [0.25, 0.3) is 0 Å². The summed E-state index contributed by atoms with van der Waals surface area (Å²) in [6, 6.07) is -0.0864. The number of nitrogens with one attached hydrogen (secondary N) is 2. The summed E-state index contributed by atoms with van der Waals surface area (Å²) in [5.41, 5.74) is 5.81. The van der Waals surface area contributed by atoms with Gasteiger partial charge in [-0.15, -0.1) is 0 Å². The molecule has 12 heteroatoms. The van der Waals surface area contributed by atoms with Crippen LogP contribution < -0.4 is 16.0 Å². The Kier molecular flexibility index (Phi) is 5.82. The number of aromatic amines is 1. The Hall–Kier alpha value is -2.30. The van der Waals surface area contributed by atoms with Gasteiger partial charge >= 0.3 is 5.97 Å². The molecule has 2 amide bonds. The highest BCUT2D eigenvalue weighted by molar-refractivity contribution is 7.17. The summed E-state index contributed by atoms with van der Waals surface area (Å²) in [6.45, 7) is 2.79. The maximum Gasteiger partial charge on any atom is 0.348 e. The number of amides is 2. The summed E-state index contributed by atoms with van der Waals surface area (Å²) in [6.07, 6.45) is 1.23. The number of carbonyl (C=O) groups is 3. The lowest BCUT2D eigenvalue weighted by Gasteiger charge is -2.32. The quantitative estimate of drug-likeness (QED) is 0.555. The number of anilines is 1. The third-order valence-electron chi connectivity index (χ3n) is 4.48. The molecular weight excluding hydrogens is 429 g/mol. The van der Waals surface area contributed by atoms with E-state index in [0.717, 1.165) is 11.3 Å². The first kappa shape index (κ1) is 20.4. The molecule has 5 N–H and O–H groups in total. The Morgan fingerprint density at radius 2 is 1.96 bits per heavy atom. The molecule has 1 aliphatic rings. The van der Waals surface area contributed by atoms with Gasteiger partial charge in [-0.3, -0.25) is 9.59 Å². The number of nitrogens with two attached hydrogens (primary N) is 1. The number of aromatic nitrogens is 2. The molecule has 0 aliphatic carbocycles. The number of thiazole rings is 1. The monoisotopic (exact) mass is 445 g/mol. The summed E-state index contributed by atoms with van der Waals surface area (Å²) in [5, 5.41) is 13.2. The van der Waals surface area contributed by atoms with Crippen LogP contribution in [0.3, 0.4) is 0 Å². The second kappa shape index (κ2) is 7.98. The maximum absolute atomic E-state index is 12.4. The molecule has 0 unspecified atom stereocenters. The van der Waals surface area contributed by atoms with Gasteiger partial charge in [-0.2, -0.15) is 0 Å². The number of halogens is 2. The lowest BCUT2D eigenvalue weighted by atomic mass is 10.1. The van der Waals surface area contributed by atoms with Crippen molar-refractivity contribution in [1.82, 2.24) is 15.3 Å². The second-order valence-corrected chi connectivity index (χ2v) is 8.06. The number of piperidine rings is 1. The largest absolute Gasteiger partial charge is 0.477 e. The van der Waals surface area contributed by atoms with Crippen molar-refractivity contribution in [1.29, 1.82) is 0 Å². The Balaban J connectivity index is 1.64. The number of nitrogens with zero attached hydrogens (tertiary/aromatic N) is 2. The highest BCUT2D eigenvalue weighted by Crippen LogP contribution is 2.30. The van der Waals surface area contributed by atoms with Gasteiger partial charge in [0.05, 0.1) is 5.02 Å². The van der Waals surface area contributed by atoms with Gasteiger partial charge in [-0.25, -0.2) is 9.78 Å². The van der Waals surface area contributed by atoms with E-state index in [9.17, 15) is 19.5 Å². The van der Waals surface area contributed by atoms with Gasteiger partial charge < -0.3 is 26.0 Å². The van der Waals surface area contributed by atoms with E-state index in [1.165, 1.54) is 0 Å². The average molecular weight is 446 g/mol. The highest BCUT2D eigenvalue weighted by atomic mass is 35.5. The first-order chi connectivity index (χ1) is 13.2. The van der Waals surface area contributed by atoms with Crippen molar-refractivity contribution in [2.24, 2.45) is 5.73 Å². The molecule has 0 atom stereocenters. The third-order valence-corrected chi connectivity index (χ3v) is 6.44. The minimum absolute atomic E-state index is 0.0864. The van der Waals surface area contributed by atoms with Crippen molar-refractivity contribution in [2.45, 2.75) is 25.8 Å². The number of hydrogen-bond acceptors (Lipinski definition) is 6. The summed E-state index contributed by atoms with van der Waals surface area (Å²) in [5.74, 6) is -2.45. The van der Waals surface area contributed by atoms with Crippen LogP contribution in [0.2, 0.25) is 10.2 Å². The first-order valence-electron chi connectivity index (χ1n) is 8.32. The minimum atomic E-state index is -1.24. The van der Waals surface area contributed by atoms with Gasteiger partial charge in [-0.1, -0.05) is 34.5 Å². The molecule has 3 rings (SSSR count). The molecule has 1 aliphatic heterocycles. The molecule has 1 fully saturated rings. The summed E-state index contributed by atoms with van der Waals surface area (Å²) < 4.78 is 0. The number of H-pyrrole nitrogens is 1. The van der Waals surface area contributed by atoms with Crippen LogP contribution >= 0.6 is 34.5 Å². The fourth-order valence-corrected chi connectivity index (χ4v) is 4.35. The van der Waals surface area contributed by atoms with E-state index in [1.807, 2.05) is 4.90 Å². The number of carboxylic acid groups (broad SMARTS) is 1. The van der Waals surface area contributed by atoms with Crippen molar-refractivity contribution < 1.29 is 19.5 Å². The fourth-order valence-electron chi connectivity index (χ4n) is 2.93. The van der Waals surface area contributed by atoms with E-state index < -0.39 is 11.9 Å². The number of carboxylic acids is 1. The van der Waals surface area contributed by atoms with Crippen LogP contribution in [0.4, 0.5) is 5.13 Å². The Morgan fingerprint density at radius 1 is 1.32 bits per heavy atom. The zero-order valence-corrected chi connectivity index (χ0v) is 17.0. The molecule has 9 nitrogen and oxygen atoms in total. The molecule has 3 heterocycles. The van der Waals surface area contributed by atoms with E-state index in [2.05, 4.69) is 15.3 Å². The summed E-state index contributed by atoms with van der Waals surface area (Å²) in [7, 11) is 0. The Morgan fingerprint density at radius 3 is 2.43 bits per heavy atom. The molecule has 28 heavy (non-hydrogen) atoms. The normalized spacial score (nSPS) is 14.9. The van der Waals surface area contributed by atoms with Gasteiger partial charge in [-0.05, 0) is 19.8 Å². The molecule has 2 aromatic heterocycles. The number of aromatic carboxylic acids is 1. The Labute approximate surface area is 173 Å². The summed E-state index contributed by atoms with van der Waals surface area (Å²) >= 11 is 13.0. The maximum atomic E-state index is 12.4. The van der Waals surface area contributed by atoms with Gasteiger partial charge in [0.15, 0.2) is 10.8 Å². The van der Waals surface area contributed by atoms with Crippen LogP contribution in [0.1, 0.15) is 49.1 Å². The van der Waals surface area contributed by atoms with Crippen LogP contribution in [0.5, 0.6) is 0 Å². The molecule has 0 spiro atoms. The van der Waals surface area contributed by atoms with Crippen LogP contribution in [0, 0.1) is 6.92 Å². The number of rotatable bonds is 5. The van der Waals surface area contributed by atoms with Gasteiger partial charge in [0, 0.05) is 24.7 Å². The average Bonchev–Trinajstić information content (AvgIpc) is 3.20. The minimum Gasteiger partial charge on any atom is -0.477 e. The molecule has 1 saturated heterocycles. The van der Waals surface area contributed by atoms with Crippen LogP contribution in [-0.2, 0) is 0 Å².